The number of hydrogen-bond donors (Lipinski definition) is 0. The van der Waals surface area contributed by atoms with Gasteiger partial charge in [0.25, 0.3) is 0 Å². The number of rotatable bonds is 2. The Morgan fingerprint density at radius 2 is 2.06 bits per heavy atom. The minimum Gasteiger partial charge on any atom is -0.334 e. The molecule has 0 bridgehead atoms. The predicted octanol–water partition coefficient (Wildman–Crippen LogP) is 0.512. The van der Waals surface area contributed by atoms with Crippen molar-refractivity contribution in [3.63, 3.8) is 0 Å². The quantitative estimate of drug-likeness (QED) is 0.616. The highest BCUT2D eigenvalue weighted by Gasteiger charge is 2.15. The topological polar surface area (TPSA) is 82.5 Å². The largest absolute Gasteiger partial charge is 0.334 e. The Kier molecular flexibility index (Phi) is 1.93. The molecule has 0 aliphatic heterocycles. The first-order valence-corrected chi connectivity index (χ1v) is 4.49. The van der Waals surface area contributed by atoms with Gasteiger partial charge < -0.3 is 4.52 Å². The number of aromatic nitrogens is 6. The maximum absolute atomic E-state index is 5.08. The van der Waals surface area contributed by atoms with Crippen LogP contribution in [0.3, 0.4) is 0 Å². The smallest absolute Gasteiger partial charge is 0.229 e. The summed E-state index contributed by atoms with van der Waals surface area (Å²) in [7, 11) is 0. The van der Waals surface area contributed by atoms with Crippen LogP contribution in [0, 0.1) is 6.33 Å². The second-order valence-corrected chi connectivity index (χ2v) is 2.98. The van der Waals surface area contributed by atoms with Crippen LogP contribution in [-0.4, -0.2) is 30.6 Å². The van der Waals surface area contributed by atoms with E-state index in [4.69, 9.17) is 4.52 Å². The molecular formula is C9H5N6O. The van der Waals surface area contributed by atoms with Gasteiger partial charge in [-0.25, -0.2) is 0 Å². The summed E-state index contributed by atoms with van der Waals surface area (Å²) in [5.74, 6) is 0.917. The van der Waals surface area contributed by atoms with Crippen molar-refractivity contribution in [3.05, 3.63) is 36.7 Å². The van der Waals surface area contributed by atoms with E-state index in [2.05, 4.69) is 32.2 Å². The average Bonchev–Trinajstić information content (AvgIpc) is 3.01. The van der Waals surface area contributed by atoms with Gasteiger partial charge >= 0.3 is 0 Å². The Labute approximate surface area is 89.7 Å². The molecule has 3 rings (SSSR count). The first-order chi connectivity index (χ1) is 7.95. The Balaban J connectivity index is 2.14. The predicted molar refractivity (Wildman–Crippen MR) is 51.3 cm³/mol. The molecule has 3 aromatic rings. The lowest BCUT2D eigenvalue weighted by Gasteiger charge is -1.96. The maximum Gasteiger partial charge on any atom is 0.229 e. The molecule has 1 aromatic carbocycles. The highest BCUT2D eigenvalue weighted by molar-refractivity contribution is 5.63. The van der Waals surface area contributed by atoms with Crippen LogP contribution in [0.25, 0.3) is 17.1 Å². The second-order valence-electron chi connectivity index (χ2n) is 2.98. The zero-order valence-corrected chi connectivity index (χ0v) is 7.98. The van der Waals surface area contributed by atoms with Gasteiger partial charge in [-0.05, 0) is 10.4 Å². The minimum absolute atomic E-state index is 0.413. The standard InChI is InChI=1S/C9H5N6O/c1-2-4-7(5-3-1)8-9(11-14-16-8)15-6-10-12-13-15/h1-5H. The van der Waals surface area contributed by atoms with Crippen molar-refractivity contribution in [1.29, 1.82) is 0 Å². The highest BCUT2D eigenvalue weighted by atomic mass is 16.5. The molecule has 0 aliphatic rings. The SMILES string of the molecule is [c]1nnnn1-c1nnoc1-c1ccccc1. The molecule has 0 saturated carbocycles. The second kappa shape index (κ2) is 3.54. The normalized spacial score (nSPS) is 10.5. The third-order valence-electron chi connectivity index (χ3n) is 2.02. The first-order valence-electron chi connectivity index (χ1n) is 4.49. The van der Waals surface area contributed by atoms with E-state index in [-0.39, 0.29) is 0 Å². The number of benzene rings is 1. The van der Waals surface area contributed by atoms with Gasteiger partial charge in [0.15, 0.2) is 0 Å². The van der Waals surface area contributed by atoms with Crippen molar-refractivity contribution >= 4 is 0 Å². The lowest BCUT2D eigenvalue weighted by atomic mass is 10.2. The van der Waals surface area contributed by atoms with E-state index in [1.807, 2.05) is 30.3 Å². The van der Waals surface area contributed by atoms with Crippen LogP contribution >= 0.6 is 0 Å². The molecule has 16 heavy (non-hydrogen) atoms. The van der Waals surface area contributed by atoms with Gasteiger partial charge in [0.2, 0.25) is 17.9 Å². The molecule has 0 spiro atoms. The summed E-state index contributed by atoms with van der Waals surface area (Å²) in [5, 5.41) is 17.9. The van der Waals surface area contributed by atoms with Crippen LogP contribution in [0.2, 0.25) is 0 Å². The molecule has 2 heterocycles. The lowest BCUT2D eigenvalue weighted by molar-refractivity contribution is 0.403. The highest BCUT2D eigenvalue weighted by Crippen LogP contribution is 2.23. The maximum atomic E-state index is 5.08. The van der Waals surface area contributed by atoms with Crippen LogP contribution in [0.5, 0.6) is 0 Å². The van der Waals surface area contributed by atoms with E-state index in [1.165, 1.54) is 4.68 Å². The summed E-state index contributed by atoms with van der Waals surface area (Å²) in [6, 6.07) is 9.47. The van der Waals surface area contributed by atoms with E-state index in [9.17, 15) is 0 Å². The summed E-state index contributed by atoms with van der Waals surface area (Å²) in [6.07, 6.45) is 2.53. The summed E-state index contributed by atoms with van der Waals surface area (Å²) < 4.78 is 6.35. The molecule has 0 unspecified atom stereocenters. The molecule has 2 aromatic heterocycles. The van der Waals surface area contributed by atoms with E-state index >= 15 is 0 Å². The number of tetrazole rings is 1. The molecule has 77 valence electrons. The van der Waals surface area contributed by atoms with Gasteiger partial charge in [-0.3, -0.25) is 0 Å². The summed E-state index contributed by atoms with van der Waals surface area (Å²) in [4.78, 5) is 0. The number of nitrogens with zero attached hydrogens (tertiary/aromatic N) is 6. The molecule has 0 fully saturated rings. The Morgan fingerprint density at radius 3 is 2.81 bits per heavy atom. The molecule has 1 radical (unpaired) electrons. The molecule has 0 atom stereocenters. The average molecular weight is 213 g/mol. The van der Waals surface area contributed by atoms with E-state index in [0.717, 1.165) is 5.56 Å². The fourth-order valence-electron chi connectivity index (χ4n) is 1.33. The fourth-order valence-corrected chi connectivity index (χ4v) is 1.33. The third-order valence-corrected chi connectivity index (χ3v) is 2.02. The van der Waals surface area contributed by atoms with Gasteiger partial charge in [-0.1, -0.05) is 35.4 Å². The van der Waals surface area contributed by atoms with Crippen LogP contribution in [0.1, 0.15) is 0 Å². The third kappa shape index (κ3) is 1.34. The zero-order valence-electron chi connectivity index (χ0n) is 7.98. The van der Waals surface area contributed by atoms with Gasteiger partial charge in [0.1, 0.15) is 0 Å². The summed E-state index contributed by atoms with van der Waals surface area (Å²) in [6.45, 7) is 0. The van der Waals surface area contributed by atoms with Crippen LogP contribution in [-0.2, 0) is 0 Å². The van der Waals surface area contributed by atoms with Crippen molar-refractivity contribution in [3.8, 4) is 17.1 Å². The zero-order chi connectivity index (χ0) is 10.8. The Bertz CT molecular complexity index is 573. The van der Waals surface area contributed by atoms with Gasteiger partial charge in [0, 0.05) is 10.8 Å². The lowest BCUT2D eigenvalue weighted by Crippen LogP contribution is -1.98. The van der Waals surface area contributed by atoms with E-state index in [1.54, 1.807) is 0 Å². The molecular weight excluding hydrogens is 208 g/mol. The molecule has 0 amide bonds. The van der Waals surface area contributed by atoms with Crippen molar-refractivity contribution < 1.29 is 4.52 Å². The molecule has 0 aliphatic carbocycles. The Morgan fingerprint density at radius 1 is 1.19 bits per heavy atom. The molecule has 0 N–H and O–H groups in total. The van der Waals surface area contributed by atoms with Crippen LogP contribution < -0.4 is 0 Å². The summed E-state index contributed by atoms with van der Waals surface area (Å²) >= 11 is 0. The first kappa shape index (κ1) is 8.72. The van der Waals surface area contributed by atoms with Crippen molar-refractivity contribution in [2.75, 3.05) is 0 Å². The van der Waals surface area contributed by atoms with Gasteiger partial charge in [0.05, 0.1) is 0 Å². The molecule has 7 nitrogen and oxygen atoms in total. The molecule has 7 heteroatoms. The van der Waals surface area contributed by atoms with Gasteiger partial charge in [-0.2, -0.15) is 4.68 Å². The van der Waals surface area contributed by atoms with Gasteiger partial charge in [-0.15, -0.1) is 5.10 Å². The van der Waals surface area contributed by atoms with Crippen molar-refractivity contribution in [1.82, 2.24) is 30.6 Å². The minimum atomic E-state index is 0.413. The molecule has 0 saturated heterocycles. The van der Waals surface area contributed by atoms with E-state index < -0.39 is 0 Å². The summed E-state index contributed by atoms with van der Waals surface area (Å²) in [5.41, 5.74) is 0.853. The van der Waals surface area contributed by atoms with Crippen LogP contribution in [0.4, 0.5) is 0 Å². The fraction of sp³-hybridized carbons (Fsp3) is 0. The Hall–Kier alpha value is -2.57. The van der Waals surface area contributed by atoms with Crippen LogP contribution in [0.15, 0.2) is 34.9 Å². The van der Waals surface area contributed by atoms with E-state index in [0.29, 0.717) is 11.6 Å². The van der Waals surface area contributed by atoms with Crippen molar-refractivity contribution in [2.45, 2.75) is 0 Å². The number of hydrogen-bond acceptors (Lipinski definition) is 6. The monoisotopic (exact) mass is 213 g/mol. The van der Waals surface area contributed by atoms with Crippen molar-refractivity contribution in [2.24, 2.45) is 0 Å².